The van der Waals surface area contributed by atoms with Gasteiger partial charge in [0.2, 0.25) is 0 Å². The van der Waals surface area contributed by atoms with Gasteiger partial charge >= 0.3 is 6.03 Å². The summed E-state index contributed by atoms with van der Waals surface area (Å²) in [6.07, 6.45) is 0.493. The predicted octanol–water partition coefficient (Wildman–Crippen LogP) is -0.117. The molecule has 0 radical (unpaired) electrons. The molecule has 0 saturated carbocycles. The highest BCUT2D eigenvalue weighted by atomic mass is 32.2. The first-order chi connectivity index (χ1) is 6.37. The summed E-state index contributed by atoms with van der Waals surface area (Å²) < 4.78 is 22.4. The molecule has 0 aliphatic carbocycles. The number of urea groups is 1. The van der Waals surface area contributed by atoms with Gasteiger partial charge in [-0.15, -0.1) is 0 Å². The third-order valence-corrected chi connectivity index (χ3v) is 4.16. The summed E-state index contributed by atoms with van der Waals surface area (Å²) in [4.78, 5) is 11.2. The summed E-state index contributed by atoms with van der Waals surface area (Å²) in [6, 6.07) is -0.299. The zero-order chi connectivity index (χ0) is 10.8. The van der Waals surface area contributed by atoms with Gasteiger partial charge in [-0.1, -0.05) is 0 Å². The van der Waals surface area contributed by atoms with Crippen LogP contribution < -0.4 is 10.6 Å². The average molecular weight is 220 g/mol. The maximum atomic E-state index is 11.2. The molecule has 1 saturated heterocycles. The molecule has 0 spiro atoms. The van der Waals surface area contributed by atoms with E-state index in [4.69, 9.17) is 0 Å². The summed E-state index contributed by atoms with van der Waals surface area (Å²) in [5, 5.41) is 5.26. The smallest absolute Gasteiger partial charge is 0.315 e. The summed E-state index contributed by atoms with van der Waals surface area (Å²) in [5.41, 5.74) is -0.599. The Hall–Kier alpha value is -0.780. The number of carbonyl (C=O) groups is 1. The minimum absolute atomic E-state index is 0.0388. The van der Waals surface area contributed by atoms with Crippen LogP contribution in [0.2, 0.25) is 0 Å². The van der Waals surface area contributed by atoms with Crippen molar-refractivity contribution in [3.8, 4) is 0 Å². The second-order valence-corrected chi connectivity index (χ2v) is 6.07. The Morgan fingerprint density at radius 1 is 1.50 bits per heavy atom. The molecule has 0 aromatic carbocycles. The number of sulfone groups is 1. The summed E-state index contributed by atoms with van der Waals surface area (Å²) >= 11 is 0. The van der Waals surface area contributed by atoms with Crippen LogP contribution in [0.4, 0.5) is 4.79 Å². The van der Waals surface area contributed by atoms with Crippen molar-refractivity contribution in [1.29, 1.82) is 0 Å². The number of nitrogens with one attached hydrogen (secondary N) is 2. The van der Waals surface area contributed by atoms with Crippen molar-refractivity contribution in [1.82, 2.24) is 10.6 Å². The molecule has 1 unspecified atom stereocenters. The summed E-state index contributed by atoms with van der Waals surface area (Å²) in [7, 11) is -2.96. The lowest BCUT2D eigenvalue weighted by molar-refractivity contribution is 0.231. The van der Waals surface area contributed by atoms with E-state index in [0.29, 0.717) is 13.0 Å². The van der Waals surface area contributed by atoms with Crippen molar-refractivity contribution in [2.24, 2.45) is 0 Å². The van der Waals surface area contributed by atoms with Crippen LogP contribution >= 0.6 is 0 Å². The van der Waals surface area contributed by atoms with E-state index in [9.17, 15) is 13.2 Å². The molecule has 14 heavy (non-hydrogen) atoms. The standard InChI is InChI=1S/C8H16N2O3S/c1-3-9-7(11)10-8(2)4-5-14(12,13)6-8/h3-6H2,1-2H3,(H2,9,10,11). The van der Waals surface area contributed by atoms with Gasteiger partial charge < -0.3 is 10.6 Å². The molecule has 0 aromatic rings. The average Bonchev–Trinajstić information content (AvgIpc) is 2.25. The van der Waals surface area contributed by atoms with Gasteiger partial charge in [0, 0.05) is 6.54 Å². The van der Waals surface area contributed by atoms with Crippen molar-refractivity contribution in [3.05, 3.63) is 0 Å². The molecule has 2 N–H and O–H groups in total. The lowest BCUT2D eigenvalue weighted by Gasteiger charge is -2.23. The highest BCUT2D eigenvalue weighted by molar-refractivity contribution is 7.91. The van der Waals surface area contributed by atoms with Crippen molar-refractivity contribution in [3.63, 3.8) is 0 Å². The lowest BCUT2D eigenvalue weighted by Crippen LogP contribution is -2.50. The van der Waals surface area contributed by atoms with Crippen LogP contribution in [0, 0.1) is 0 Å². The Morgan fingerprint density at radius 3 is 2.57 bits per heavy atom. The number of rotatable bonds is 2. The van der Waals surface area contributed by atoms with E-state index < -0.39 is 15.4 Å². The molecule has 1 heterocycles. The molecule has 0 bridgehead atoms. The second kappa shape index (κ2) is 3.76. The zero-order valence-electron chi connectivity index (χ0n) is 8.46. The third kappa shape index (κ3) is 2.87. The Bertz CT molecular complexity index is 325. The third-order valence-electron chi connectivity index (χ3n) is 2.26. The molecular formula is C8H16N2O3S. The Balaban J connectivity index is 2.57. The maximum Gasteiger partial charge on any atom is 0.315 e. The zero-order valence-corrected chi connectivity index (χ0v) is 9.28. The Labute approximate surface area is 84.2 Å². The van der Waals surface area contributed by atoms with E-state index in [1.54, 1.807) is 6.92 Å². The minimum atomic E-state index is -2.96. The van der Waals surface area contributed by atoms with Gasteiger partial charge in [0.15, 0.2) is 9.84 Å². The molecular weight excluding hydrogens is 204 g/mol. The first-order valence-electron chi connectivity index (χ1n) is 4.63. The van der Waals surface area contributed by atoms with Crippen LogP contribution in [-0.4, -0.2) is 38.0 Å². The molecule has 2 amide bonds. The SMILES string of the molecule is CCNC(=O)NC1(C)CCS(=O)(=O)C1. The molecule has 6 heteroatoms. The van der Waals surface area contributed by atoms with Crippen LogP contribution in [0.5, 0.6) is 0 Å². The number of hydrogen-bond donors (Lipinski definition) is 2. The fraction of sp³-hybridized carbons (Fsp3) is 0.875. The predicted molar refractivity (Wildman–Crippen MR) is 53.9 cm³/mol. The number of amides is 2. The van der Waals surface area contributed by atoms with Gasteiger partial charge in [-0.05, 0) is 20.3 Å². The van der Waals surface area contributed by atoms with Crippen molar-refractivity contribution < 1.29 is 13.2 Å². The van der Waals surface area contributed by atoms with Crippen LogP contribution in [0.1, 0.15) is 20.3 Å². The molecule has 1 rings (SSSR count). The Kier molecular flexibility index (Phi) is 3.04. The maximum absolute atomic E-state index is 11.2. The highest BCUT2D eigenvalue weighted by Crippen LogP contribution is 2.22. The van der Waals surface area contributed by atoms with Crippen LogP contribution in [0.15, 0.2) is 0 Å². The van der Waals surface area contributed by atoms with Gasteiger partial charge in [0.25, 0.3) is 0 Å². The van der Waals surface area contributed by atoms with E-state index in [0.717, 1.165) is 0 Å². The normalized spacial score (nSPS) is 29.9. The Morgan fingerprint density at radius 2 is 2.14 bits per heavy atom. The van der Waals surface area contributed by atoms with Gasteiger partial charge in [-0.25, -0.2) is 13.2 Å². The fourth-order valence-corrected chi connectivity index (χ4v) is 3.68. The monoisotopic (exact) mass is 220 g/mol. The van der Waals surface area contributed by atoms with Gasteiger partial charge in [-0.2, -0.15) is 0 Å². The highest BCUT2D eigenvalue weighted by Gasteiger charge is 2.39. The van der Waals surface area contributed by atoms with E-state index >= 15 is 0 Å². The molecule has 1 atom stereocenters. The van der Waals surface area contributed by atoms with Crippen molar-refractivity contribution in [2.75, 3.05) is 18.1 Å². The number of hydrogen-bond acceptors (Lipinski definition) is 3. The first kappa shape index (κ1) is 11.3. The first-order valence-corrected chi connectivity index (χ1v) is 6.45. The van der Waals surface area contributed by atoms with Crippen LogP contribution in [-0.2, 0) is 9.84 Å². The summed E-state index contributed by atoms with van der Waals surface area (Å²) in [6.45, 7) is 4.11. The topological polar surface area (TPSA) is 75.3 Å². The summed E-state index contributed by atoms with van der Waals surface area (Å²) in [5.74, 6) is 0.201. The van der Waals surface area contributed by atoms with Crippen molar-refractivity contribution >= 4 is 15.9 Å². The van der Waals surface area contributed by atoms with E-state index in [-0.39, 0.29) is 17.5 Å². The quantitative estimate of drug-likeness (QED) is 0.681. The van der Waals surface area contributed by atoms with Crippen LogP contribution in [0.3, 0.4) is 0 Å². The largest absolute Gasteiger partial charge is 0.338 e. The van der Waals surface area contributed by atoms with E-state index in [1.165, 1.54) is 0 Å². The fourth-order valence-electron chi connectivity index (χ4n) is 1.59. The molecule has 5 nitrogen and oxygen atoms in total. The second-order valence-electron chi connectivity index (χ2n) is 3.89. The molecule has 1 fully saturated rings. The molecule has 82 valence electrons. The van der Waals surface area contributed by atoms with Crippen LogP contribution in [0.25, 0.3) is 0 Å². The molecule has 1 aliphatic rings. The van der Waals surface area contributed by atoms with E-state index in [1.807, 2.05) is 6.92 Å². The van der Waals surface area contributed by atoms with Gasteiger partial charge in [0.1, 0.15) is 0 Å². The van der Waals surface area contributed by atoms with Crippen molar-refractivity contribution in [2.45, 2.75) is 25.8 Å². The van der Waals surface area contributed by atoms with Gasteiger partial charge in [-0.3, -0.25) is 0 Å². The molecule has 1 aliphatic heterocycles. The van der Waals surface area contributed by atoms with E-state index in [2.05, 4.69) is 10.6 Å². The minimum Gasteiger partial charge on any atom is -0.338 e. The van der Waals surface area contributed by atoms with Gasteiger partial charge in [0.05, 0.1) is 17.0 Å². The lowest BCUT2D eigenvalue weighted by atomic mass is 10.0. The molecule has 0 aromatic heterocycles. The number of carbonyl (C=O) groups excluding carboxylic acids is 1.